The molecule has 1 rings (SSSR count). The molecule has 1 aromatic carbocycles. The van der Waals surface area contributed by atoms with Gasteiger partial charge in [-0.2, -0.15) is 10.4 Å². The van der Waals surface area contributed by atoms with Crippen LogP contribution in [0.2, 0.25) is 0 Å². The molecule has 0 aliphatic heterocycles. The number of nitriles is 1. The Labute approximate surface area is 134 Å². The van der Waals surface area contributed by atoms with Gasteiger partial charge < -0.3 is 19.4 Å². The molecule has 0 heterocycles. The Morgan fingerprint density at radius 1 is 1.50 bits per heavy atom. The molecule has 9 heteroatoms. The number of aliphatic carboxylic acids is 1. The van der Waals surface area contributed by atoms with Crippen molar-refractivity contribution in [3.8, 4) is 17.6 Å². The predicted octanol–water partition coefficient (Wildman–Crippen LogP) is -0.0498. The van der Waals surface area contributed by atoms with Gasteiger partial charge in [-0.25, -0.2) is 5.43 Å². The van der Waals surface area contributed by atoms with Crippen molar-refractivity contribution in [2.24, 2.45) is 5.10 Å². The number of nitrogens with one attached hydrogen (secondary N) is 1. The van der Waals surface area contributed by atoms with Gasteiger partial charge >= 0.3 is 0 Å². The van der Waals surface area contributed by atoms with E-state index < -0.39 is 18.5 Å². The van der Waals surface area contributed by atoms with Crippen LogP contribution in [-0.4, -0.2) is 31.8 Å². The van der Waals surface area contributed by atoms with Gasteiger partial charge in [-0.3, -0.25) is 4.79 Å². The number of hydrazone groups is 1. The van der Waals surface area contributed by atoms with Gasteiger partial charge in [0.25, 0.3) is 5.91 Å². The van der Waals surface area contributed by atoms with Crippen LogP contribution in [0.15, 0.2) is 21.7 Å². The van der Waals surface area contributed by atoms with Gasteiger partial charge in [-0.05, 0) is 28.1 Å². The van der Waals surface area contributed by atoms with Crippen molar-refractivity contribution in [3.63, 3.8) is 0 Å². The Hall–Kier alpha value is -2.60. The number of ether oxygens (including phenoxy) is 2. The highest BCUT2D eigenvalue weighted by atomic mass is 79.9. The number of benzene rings is 1. The van der Waals surface area contributed by atoms with E-state index in [1.165, 1.54) is 25.5 Å². The first-order valence-corrected chi connectivity index (χ1v) is 6.66. The third-order valence-electron chi connectivity index (χ3n) is 2.26. The molecular weight excluding hydrogens is 358 g/mol. The lowest BCUT2D eigenvalue weighted by molar-refractivity contribution is -0.307. The minimum Gasteiger partial charge on any atom is -0.546 e. The minimum absolute atomic E-state index is 0.212. The predicted molar refractivity (Wildman–Crippen MR) is 77.2 cm³/mol. The van der Waals surface area contributed by atoms with Gasteiger partial charge in [0.2, 0.25) is 0 Å². The summed E-state index contributed by atoms with van der Waals surface area (Å²) in [7, 11) is 1.39. The third-order valence-corrected chi connectivity index (χ3v) is 2.95. The molecule has 0 saturated heterocycles. The van der Waals surface area contributed by atoms with E-state index in [1.54, 1.807) is 6.07 Å². The van der Waals surface area contributed by atoms with Crippen molar-refractivity contribution in [2.45, 2.75) is 6.42 Å². The molecule has 1 N–H and O–H groups in total. The average molecular weight is 369 g/mol. The molecule has 0 aliphatic rings. The van der Waals surface area contributed by atoms with Gasteiger partial charge in [0.1, 0.15) is 13.0 Å². The Morgan fingerprint density at radius 2 is 2.23 bits per heavy atom. The summed E-state index contributed by atoms with van der Waals surface area (Å²) < 4.78 is 10.7. The van der Waals surface area contributed by atoms with Crippen molar-refractivity contribution in [1.29, 1.82) is 5.26 Å². The number of hydrogen-bond acceptors (Lipinski definition) is 7. The fourth-order valence-electron chi connectivity index (χ4n) is 1.34. The number of carbonyl (C=O) groups is 2. The fourth-order valence-corrected chi connectivity index (χ4v) is 1.77. The second-order valence-electron chi connectivity index (χ2n) is 3.81. The first-order valence-electron chi connectivity index (χ1n) is 5.87. The van der Waals surface area contributed by atoms with Crippen LogP contribution in [0, 0.1) is 11.3 Å². The summed E-state index contributed by atoms with van der Waals surface area (Å²) in [4.78, 5) is 21.5. The van der Waals surface area contributed by atoms with Gasteiger partial charge in [-0.1, -0.05) is 0 Å². The highest BCUT2D eigenvalue weighted by Crippen LogP contribution is 2.32. The van der Waals surface area contributed by atoms with E-state index in [2.05, 4.69) is 26.5 Å². The van der Waals surface area contributed by atoms with Gasteiger partial charge in [0.05, 0.1) is 25.4 Å². The quantitative estimate of drug-likeness (QED) is 0.531. The lowest BCUT2D eigenvalue weighted by atomic mass is 10.2. The van der Waals surface area contributed by atoms with E-state index in [1.807, 2.05) is 0 Å². The van der Waals surface area contributed by atoms with E-state index in [4.69, 9.17) is 14.7 Å². The van der Waals surface area contributed by atoms with E-state index in [-0.39, 0.29) is 17.9 Å². The van der Waals surface area contributed by atoms with Crippen LogP contribution in [0.25, 0.3) is 0 Å². The van der Waals surface area contributed by atoms with E-state index >= 15 is 0 Å². The van der Waals surface area contributed by atoms with Crippen LogP contribution < -0.4 is 20.0 Å². The number of carboxylic acids is 1. The number of halogens is 1. The van der Waals surface area contributed by atoms with Crippen LogP contribution in [-0.2, 0) is 9.59 Å². The Bertz CT molecular complexity index is 639. The number of nitrogens with zero attached hydrogens (tertiary/aromatic N) is 2. The molecule has 0 atom stereocenters. The maximum absolute atomic E-state index is 11.1. The molecule has 1 aromatic rings. The Kier molecular flexibility index (Phi) is 6.85. The number of amides is 1. The molecule has 0 radical (unpaired) electrons. The molecule has 0 aliphatic carbocycles. The van der Waals surface area contributed by atoms with Gasteiger partial charge in [-0.15, -0.1) is 0 Å². The van der Waals surface area contributed by atoms with Crippen molar-refractivity contribution < 1.29 is 24.2 Å². The summed E-state index contributed by atoms with van der Waals surface area (Å²) in [5.74, 6) is -1.39. The van der Waals surface area contributed by atoms with Gasteiger partial charge in [0, 0.05) is 10.0 Å². The van der Waals surface area contributed by atoms with Crippen LogP contribution >= 0.6 is 15.9 Å². The molecule has 0 aromatic heterocycles. The smallest absolute Gasteiger partial charge is 0.254 e. The lowest BCUT2D eigenvalue weighted by Crippen LogP contribution is -2.29. The Balaban J connectivity index is 2.89. The molecule has 1 amide bonds. The maximum Gasteiger partial charge on any atom is 0.254 e. The first kappa shape index (κ1) is 17.5. The molecule has 8 nitrogen and oxygen atoms in total. The fraction of sp³-hybridized carbons (Fsp3) is 0.231. The summed E-state index contributed by atoms with van der Waals surface area (Å²) in [6.45, 7) is -0.611. The Morgan fingerprint density at radius 3 is 2.82 bits per heavy atom. The zero-order valence-corrected chi connectivity index (χ0v) is 13.0. The average Bonchev–Trinajstić information content (AvgIpc) is 2.47. The molecule has 0 bridgehead atoms. The normalized spacial score (nSPS) is 10.0. The highest BCUT2D eigenvalue weighted by Gasteiger charge is 2.09. The zero-order chi connectivity index (χ0) is 16.5. The standard InChI is InChI=1S/C13H12BrN3O5/c1-21-10-4-8(6-16-17-12(18)2-3-15)9(14)5-11(10)22-7-13(19)20/h4-6H,2,7H2,1H3,(H,17,18)(H,19,20)/p-1/b16-6-. The first-order chi connectivity index (χ1) is 10.5. The number of carbonyl (C=O) groups excluding carboxylic acids is 2. The van der Waals surface area contributed by atoms with Crippen LogP contribution in [0.1, 0.15) is 12.0 Å². The minimum atomic E-state index is -1.36. The third kappa shape index (κ3) is 5.41. The number of rotatable bonds is 7. The van der Waals surface area contributed by atoms with Crippen LogP contribution in [0.3, 0.4) is 0 Å². The monoisotopic (exact) mass is 368 g/mol. The summed E-state index contributed by atoms with van der Waals surface area (Å²) in [5, 5.41) is 22.4. The second kappa shape index (κ2) is 8.63. The van der Waals surface area contributed by atoms with Crippen LogP contribution in [0.5, 0.6) is 11.5 Å². The van der Waals surface area contributed by atoms with Crippen LogP contribution in [0.4, 0.5) is 0 Å². The molecule has 0 fully saturated rings. The van der Waals surface area contributed by atoms with Crippen molar-refractivity contribution in [1.82, 2.24) is 5.43 Å². The molecular formula is C13H11BrN3O5-. The SMILES string of the molecule is COc1cc(/C=N\NC(=O)CC#N)c(Br)cc1OCC(=O)[O-]. The largest absolute Gasteiger partial charge is 0.546 e. The lowest BCUT2D eigenvalue weighted by Gasteiger charge is -2.12. The molecule has 116 valence electrons. The molecule has 22 heavy (non-hydrogen) atoms. The highest BCUT2D eigenvalue weighted by molar-refractivity contribution is 9.10. The summed E-state index contributed by atoms with van der Waals surface area (Å²) in [5.41, 5.74) is 2.73. The summed E-state index contributed by atoms with van der Waals surface area (Å²) in [6, 6.07) is 4.73. The second-order valence-corrected chi connectivity index (χ2v) is 4.67. The van der Waals surface area contributed by atoms with Crippen molar-refractivity contribution >= 4 is 34.0 Å². The molecule has 0 unspecified atom stereocenters. The van der Waals surface area contributed by atoms with Crippen molar-refractivity contribution in [3.05, 3.63) is 22.2 Å². The number of methoxy groups -OCH3 is 1. The molecule has 0 spiro atoms. The number of hydrogen-bond donors (Lipinski definition) is 1. The zero-order valence-electron chi connectivity index (χ0n) is 11.5. The molecule has 0 saturated carbocycles. The summed E-state index contributed by atoms with van der Waals surface area (Å²) in [6.07, 6.45) is 1.04. The topological polar surface area (TPSA) is 124 Å². The van der Waals surface area contributed by atoms with Gasteiger partial charge in [0.15, 0.2) is 11.5 Å². The number of carboxylic acid groups (broad SMARTS) is 1. The van der Waals surface area contributed by atoms with E-state index in [0.29, 0.717) is 10.0 Å². The van der Waals surface area contributed by atoms with E-state index in [0.717, 1.165) is 0 Å². The summed E-state index contributed by atoms with van der Waals surface area (Å²) >= 11 is 3.26. The van der Waals surface area contributed by atoms with E-state index in [9.17, 15) is 14.7 Å². The maximum atomic E-state index is 11.1. The van der Waals surface area contributed by atoms with Crippen molar-refractivity contribution in [2.75, 3.05) is 13.7 Å².